The molecule has 4 aromatic rings. The fourth-order valence-electron chi connectivity index (χ4n) is 3.85. The molecule has 1 aromatic heterocycles. The lowest BCUT2D eigenvalue weighted by molar-refractivity contribution is -0.121. The molecule has 0 saturated heterocycles. The van der Waals surface area contributed by atoms with Crippen molar-refractivity contribution in [2.75, 3.05) is 6.54 Å². The Morgan fingerprint density at radius 1 is 0.969 bits per heavy atom. The van der Waals surface area contributed by atoms with E-state index in [0.29, 0.717) is 24.0 Å². The Morgan fingerprint density at radius 3 is 2.28 bits per heavy atom. The van der Waals surface area contributed by atoms with E-state index in [1.807, 2.05) is 42.5 Å². The van der Waals surface area contributed by atoms with Gasteiger partial charge in [0.1, 0.15) is 0 Å². The van der Waals surface area contributed by atoms with Crippen molar-refractivity contribution in [3.63, 3.8) is 0 Å². The van der Waals surface area contributed by atoms with Gasteiger partial charge in [0.25, 0.3) is 5.56 Å². The van der Waals surface area contributed by atoms with Crippen molar-refractivity contribution >= 4 is 32.7 Å². The number of amides is 1. The minimum Gasteiger partial charge on any atom is -0.356 e. The summed E-state index contributed by atoms with van der Waals surface area (Å²) in [5, 5.41) is 3.54. The van der Waals surface area contributed by atoms with Gasteiger partial charge in [0.2, 0.25) is 5.91 Å². The van der Waals surface area contributed by atoms with Crippen LogP contribution in [0.3, 0.4) is 0 Å². The van der Waals surface area contributed by atoms with Crippen LogP contribution in [-0.2, 0) is 11.3 Å². The van der Waals surface area contributed by atoms with Crippen LogP contribution < -0.4 is 10.9 Å². The van der Waals surface area contributed by atoms with Crippen LogP contribution in [-0.4, -0.2) is 22.0 Å². The molecule has 0 saturated carbocycles. The first-order chi connectivity index (χ1) is 15.6. The standard InChI is InChI=1S/C26H24BrN3O2/c27-21-11-12-24-23(17-21)26(32)30(18-29-24)16-14-25(31)28-15-13-22(19-7-3-1-4-8-19)20-9-5-2-6-10-20/h1-12,17-18,22H,13-16H2,(H,28,31). The van der Waals surface area contributed by atoms with Crippen molar-refractivity contribution in [2.45, 2.75) is 25.3 Å². The van der Waals surface area contributed by atoms with E-state index >= 15 is 0 Å². The smallest absolute Gasteiger partial charge is 0.261 e. The van der Waals surface area contributed by atoms with Gasteiger partial charge in [-0.05, 0) is 35.7 Å². The Kier molecular flexibility index (Phi) is 7.12. The summed E-state index contributed by atoms with van der Waals surface area (Å²) >= 11 is 3.39. The summed E-state index contributed by atoms with van der Waals surface area (Å²) in [4.78, 5) is 29.5. The first-order valence-electron chi connectivity index (χ1n) is 10.6. The average molecular weight is 490 g/mol. The van der Waals surface area contributed by atoms with E-state index in [4.69, 9.17) is 0 Å². The normalized spacial score (nSPS) is 11.1. The number of aromatic nitrogens is 2. The summed E-state index contributed by atoms with van der Waals surface area (Å²) in [6, 6.07) is 26.1. The van der Waals surface area contributed by atoms with E-state index in [-0.39, 0.29) is 23.8 Å². The van der Waals surface area contributed by atoms with Crippen LogP contribution in [0.25, 0.3) is 10.9 Å². The summed E-state index contributed by atoms with van der Waals surface area (Å²) in [7, 11) is 0. The van der Waals surface area contributed by atoms with Gasteiger partial charge in [-0.15, -0.1) is 0 Å². The molecule has 0 bridgehead atoms. The van der Waals surface area contributed by atoms with E-state index in [1.54, 1.807) is 12.1 Å². The van der Waals surface area contributed by atoms with Gasteiger partial charge in [0.05, 0.1) is 17.2 Å². The molecular formula is C26H24BrN3O2. The van der Waals surface area contributed by atoms with Crippen LogP contribution >= 0.6 is 15.9 Å². The zero-order valence-corrected chi connectivity index (χ0v) is 19.2. The highest BCUT2D eigenvalue weighted by Crippen LogP contribution is 2.27. The molecule has 4 rings (SSSR count). The molecule has 0 radical (unpaired) electrons. The van der Waals surface area contributed by atoms with Gasteiger partial charge in [0, 0.05) is 29.9 Å². The molecule has 0 atom stereocenters. The number of nitrogens with one attached hydrogen (secondary N) is 1. The molecule has 0 fully saturated rings. The molecule has 0 unspecified atom stereocenters. The number of carbonyl (C=O) groups is 1. The highest BCUT2D eigenvalue weighted by atomic mass is 79.9. The fraction of sp³-hybridized carbons (Fsp3) is 0.192. The maximum atomic E-state index is 12.7. The van der Waals surface area contributed by atoms with Crippen molar-refractivity contribution < 1.29 is 4.79 Å². The number of halogens is 1. The lowest BCUT2D eigenvalue weighted by atomic mass is 9.88. The van der Waals surface area contributed by atoms with Crippen molar-refractivity contribution in [3.05, 3.63) is 111 Å². The quantitative estimate of drug-likeness (QED) is 0.383. The number of benzene rings is 3. The summed E-state index contributed by atoms with van der Waals surface area (Å²) in [6.07, 6.45) is 2.53. The van der Waals surface area contributed by atoms with E-state index in [9.17, 15) is 9.59 Å². The molecule has 162 valence electrons. The lowest BCUT2D eigenvalue weighted by Crippen LogP contribution is -2.29. The zero-order chi connectivity index (χ0) is 22.3. The van der Waals surface area contributed by atoms with Crippen LogP contribution in [0.5, 0.6) is 0 Å². The van der Waals surface area contributed by atoms with Gasteiger partial charge in [-0.25, -0.2) is 4.98 Å². The maximum Gasteiger partial charge on any atom is 0.261 e. The fourth-order valence-corrected chi connectivity index (χ4v) is 4.21. The van der Waals surface area contributed by atoms with Gasteiger partial charge in [0.15, 0.2) is 0 Å². The van der Waals surface area contributed by atoms with Crippen molar-refractivity contribution in [1.82, 2.24) is 14.9 Å². The Labute approximate surface area is 195 Å². The van der Waals surface area contributed by atoms with Crippen LogP contribution in [0, 0.1) is 0 Å². The third-order valence-corrected chi connectivity index (χ3v) is 6.02. The Balaban J connectivity index is 1.36. The maximum absolute atomic E-state index is 12.7. The van der Waals surface area contributed by atoms with Gasteiger partial charge in [-0.2, -0.15) is 0 Å². The molecule has 0 aliphatic rings. The minimum absolute atomic E-state index is 0.0777. The molecule has 1 heterocycles. The second kappa shape index (κ2) is 10.4. The first-order valence-corrected chi connectivity index (χ1v) is 11.4. The third kappa shape index (κ3) is 5.32. The summed E-state index contributed by atoms with van der Waals surface area (Å²) in [5.74, 6) is 0.134. The Bertz CT molecular complexity index is 1220. The van der Waals surface area contributed by atoms with E-state index in [2.05, 4.69) is 50.5 Å². The molecule has 1 amide bonds. The SMILES string of the molecule is O=C(CCn1cnc2ccc(Br)cc2c1=O)NCCC(c1ccccc1)c1ccccc1. The third-order valence-electron chi connectivity index (χ3n) is 5.52. The minimum atomic E-state index is -0.141. The molecule has 5 nitrogen and oxygen atoms in total. The molecule has 1 N–H and O–H groups in total. The van der Waals surface area contributed by atoms with Gasteiger partial charge >= 0.3 is 0 Å². The van der Waals surface area contributed by atoms with Crippen molar-refractivity contribution in [2.24, 2.45) is 0 Å². The van der Waals surface area contributed by atoms with Crippen molar-refractivity contribution in [3.8, 4) is 0 Å². The molecule has 3 aromatic carbocycles. The number of hydrogen-bond acceptors (Lipinski definition) is 3. The molecule has 0 aliphatic carbocycles. The van der Waals surface area contributed by atoms with Gasteiger partial charge < -0.3 is 5.32 Å². The Morgan fingerprint density at radius 2 is 1.62 bits per heavy atom. The first kappa shape index (κ1) is 22.0. The molecular weight excluding hydrogens is 466 g/mol. The predicted molar refractivity (Wildman–Crippen MR) is 131 cm³/mol. The van der Waals surface area contributed by atoms with E-state index in [1.165, 1.54) is 22.0 Å². The topological polar surface area (TPSA) is 64.0 Å². The number of aryl methyl sites for hydroxylation is 1. The molecule has 6 heteroatoms. The highest BCUT2D eigenvalue weighted by Gasteiger charge is 2.14. The molecule has 0 aliphatic heterocycles. The number of hydrogen-bond donors (Lipinski definition) is 1. The van der Waals surface area contributed by atoms with Crippen LogP contribution in [0.15, 0.2) is 94.5 Å². The van der Waals surface area contributed by atoms with E-state index in [0.717, 1.165) is 10.9 Å². The van der Waals surface area contributed by atoms with Gasteiger partial charge in [-0.1, -0.05) is 76.6 Å². The summed E-state index contributed by atoms with van der Waals surface area (Å²) in [6.45, 7) is 0.853. The van der Waals surface area contributed by atoms with Crippen LogP contribution in [0.1, 0.15) is 29.9 Å². The summed E-state index contributed by atoms with van der Waals surface area (Å²) in [5.41, 5.74) is 2.96. The van der Waals surface area contributed by atoms with E-state index < -0.39 is 0 Å². The Hall–Kier alpha value is -3.25. The van der Waals surface area contributed by atoms with Crippen molar-refractivity contribution in [1.29, 1.82) is 0 Å². The summed E-state index contributed by atoms with van der Waals surface area (Å²) < 4.78 is 2.32. The monoisotopic (exact) mass is 489 g/mol. The number of carbonyl (C=O) groups excluding carboxylic acids is 1. The number of nitrogens with zero attached hydrogens (tertiary/aromatic N) is 2. The van der Waals surface area contributed by atoms with Gasteiger partial charge in [-0.3, -0.25) is 14.2 Å². The van der Waals surface area contributed by atoms with Crippen LogP contribution in [0.2, 0.25) is 0 Å². The highest BCUT2D eigenvalue weighted by molar-refractivity contribution is 9.10. The molecule has 32 heavy (non-hydrogen) atoms. The number of fused-ring (bicyclic) bond motifs is 1. The average Bonchev–Trinajstić information content (AvgIpc) is 2.83. The second-order valence-electron chi connectivity index (χ2n) is 7.67. The molecule has 0 spiro atoms. The largest absolute Gasteiger partial charge is 0.356 e. The predicted octanol–water partition coefficient (Wildman–Crippen LogP) is 4.89. The zero-order valence-electron chi connectivity index (χ0n) is 17.6. The number of rotatable bonds is 8. The van der Waals surface area contributed by atoms with Crippen LogP contribution in [0.4, 0.5) is 0 Å². The second-order valence-corrected chi connectivity index (χ2v) is 8.58. The lowest BCUT2D eigenvalue weighted by Gasteiger charge is -2.18.